The predicted molar refractivity (Wildman–Crippen MR) is 76.7 cm³/mol. The maximum atomic E-state index is 13.2. The lowest BCUT2D eigenvalue weighted by Gasteiger charge is -2.35. The number of ether oxygens (including phenoxy) is 1. The van der Waals surface area contributed by atoms with E-state index in [-0.39, 0.29) is 18.2 Å². The van der Waals surface area contributed by atoms with Crippen LogP contribution >= 0.6 is 0 Å². The first kappa shape index (κ1) is 14.1. The van der Waals surface area contributed by atoms with Crippen LogP contribution in [0, 0.1) is 5.95 Å². The fraction of sp³-hybridized carbons (Fsp3) is 0.600. The topological polar surface area (TPSA) is 45.7 Å². The number of carbonyl (C=O) groups is 1. The highest BCUT2D eigenvalue weighted by atomic mass is 19.1. The number of piperazine rings is 1. The van der Waals surface area contributed by atoms with Gasteiger partial charge < -0.3 is 14.5 Å². The van der Waals surface area contributed by atoms with Gasteiger partial charge in [0.05, 0.1) is 12.1 Å². The molecule has 2 aliphatic rings. The first-order valence-corrected chi connectivity index (χ1v) is 7.22. The number of anilines is 1. The molecule has 1 aromatic rings. The molecule has 2 atom stereocenters. The largest absolute Gasteiger partial charge is 0.444 e. The molecule has 21 heavy (non-hydrogen) atoms. The van der Waals surface area contributed by atoms with Crippen LogP contribution < -0.4 is 4.90 Å². The van der Waals surface area contributed by atoms with Crippen molar-refractivity contribution >= 4 is 11.9 Å². The van der Waals surface area contributed by atoms with Crippen LogP contribution in [0.4, 0.5) is 15.0 Å². The summed E-state index contributed by atoms with van der Waals surface area (Å²) in [6.45, 7) is 6.88. The van der Waals surface area contributed by atoms with Gasteiger partial charge >= 0.3 is 6.09 Å². The van der Waals surface area contributed by atoms with Crippen molar-refractivity contribution in [2.24, 2.45) is 0 Å². The van der Waals surface area contributed by atoms with Gasteiger partial charge in [-0.25, -0.2) is 9.78 Å². The highest BCUT2D eigenvalue weighted by molar-refractivity contribution is 5.70. The standard InChI is InChI=1S/C15H20FN3O2/c1-15(2,3)21-14(20)19-9-10-7-11(19)8-18(10)13-6-4-5-12(16)17-13/h4-6,10-11H,7-9H2,1-3H3/t10-,11-/m1/s1. The van der Waals surface area contributed by atoms with Gasteiger partial charge in [-0.05, 0) is 39.3 Å². The second-order valence-corrected chi connectivity index (χ2v) is 6.65. The SMILES string of the molecule is CC(C)(C)OC(=O)N1C[C@H]2C[C@@H]1CN2c1cccc(F)n1. The minimum Gasteiger partial charge on any atom is -0.444 e. The minimum atomic E-state index is -0.483. The lowest BCUT2D eigenvalue weighted by Crippen LogP contribution is -2.50. The number of amides is 1. The van der Waals surface area contributed by atoms with Gasteiger partial charge in [0.25, 0.3) is 0 Å². The quantitative estimate of drug-likeness (QED) is 0.746. The first-order valence-electron chi connectivity index (χ1n) is 7.22. The van der Waals surface area contributed by atoms with Crippen molar-refractivity contribution < 1.29 is 13.9 Å². The van der Waals surface area contributed by atoms with Gasteiger partial charge in [0.2, 0.25) is 5.95 Å². The Balaban J connectivity index is 1.68. The molecule has 3 heterocycles. The Hall–Kier alpha value is -1.85. The molecule has 0 radical (unpaired) electrons. The third-order valence-electron chi connectivity index (χ3n) is 3.86. The Labute approximate surface area is 123 Å². The normalized spacial score (nSPS) is 24.6. The van der Waals surface area contributed by atoms with E-state index in [1.165, 1.54) is 6.07 Å². The Morgan fingerprint density at radius 2 is 2.10 bits per heavy atom. The number of likely N-dealkylation sites (tertiary alicyclic amines) is 1. The number of halogens is 1. The van der Waals surface area contributed by atoms with E-state index >= 15 is 0 Å². The van der Waals surface area contributed by atoms with Gasteiger partial charge in [0, 0.05) is 13.1 Å². The highest BCUT2D eigenvalue weighted by Crippen LogP contribution is 2.34. The lowest BCUT2D eigenvalue weighted by molar-refractivity contribution is 0.0214. The van der Waals surface area contributed by atoms with Crippen molar-refractivity contribution in [1.29, 1.82) is 0 Å². The van der Waals surface area contributed by atoms with Gasteiger partial charge in [0.15, 0.2) is 0 Å². The van der Waals surface area contributed by atoms with E-state index in [1.807, 2.05) is 26.8 Å². The fourth-order valence-corrected chi connectivity index (χ4v) is 3.05. The Bertz CT molecular complexity index is 558. The number of aromatic nitrogens is 1. The van der Waals surface area contributed by atoms with Gasteiger partial charge in [-0.3, -0.25) is 0 Å². The zero-order chi connectivity index (χ0) is 15.2. The molecule has 0 aromatic carbocycles. The molecule has 0 unspecified atom stereocenters. The summed E-state index contributed by atoms with van der Waals surface area (Å²) in [6.07, 6.45) is 0.624. The van der Waals surface area contributed by atoms with E-state index in [0.29, 0.717) is 18.9 Å². The van der Waals surface area contributed by atoms with Crippen molar-refractivity contribution in [2.75, 3.05) is 18.0 Å². The van der Waals surface area contributed by atoms with E-state index in [4.69, 9.17) is 4.74 Å². The molecule has 2 bridgehead atoms. The van der Waals surface area contributed by atoms with Gasteiger partial charge in [-0.15, -0.1) is 0 Å². The number of fused-ring (bicyclic) bond motifs is 2. The number of hydrogen-bond donors (Lipinski definition) is 0. The number of hydrogen-bond acceptors (Lipinski definition) is 4. The zero-order valence-corrected chi connectivity index (χ0v) is 12.5. The van der Waals surface area contributed by atoms with E-state index in [9.17, 15) is 9.18 Å². The molecule has 3 rings (SSSR count). The van der Waals surface area contributed by atoms with Crippen molar-refractivity contribution in [1.82, 2.24) is 9.88 Å². The second-order valence-electron chi connectivity index (χ2n) is 6.65. The molecule has 0 spiro atoms. The monoisotopic (exact) mass is 293 g/mol. The maximum absolute atomic E-state index is 13.2. The van der Waals surface area contributed by atoms with Crippen molar-refractivity contribution in [3.63, 3.8) is 0 Å². The van der Waals surface area contributed by atoms with Crippen LogP contribution in [0.3, 0.4) is 0 Å². The summed E-state index contributed by atoms with van der Waals surface area (Å²) >= 11 is 0. The fourth-order valence-electron chi connectivity index (χ4n) is 3.05. The predicted octanol–water partition coefficient (Wildman–Crippen LogP) is 2.42. The van der Waals surface area contributed by atoms with E-state index in [2.05, 4.69) is 9.88 Å². The zero-order valence-electron chi connectivity index (χ0n) is 12.5. The summed E-state index contributed by atoms with van der Waals surface area (Å²) in [7, 11) is 0. The van der Waals surface area contributed by atoms with E-state index in [0.717, 1.165) is 6.42 Å². The molecule has 2 aliphatic heterocycles. The molecule has 1 amide bonds. The van der Waals surface area contributed by atoms with Crippen LogP contribution in [0.5, 0.6) is 0 Å². The van der Waals surface area contributed by atoms with Crippen molar-refractivity contribution in [3.05, 3.63) is 24.1 Å². The molecule has 0 N–H and O–H groups in total. The van der Waals surface area contributed by atoms with Crippen molar-refractivity contribution in [2.45, 2.75) is 44.9 Å². The summed E-state index contributed by atoms with van der Waals surface area (Å²) in [6, 6.07) is 5.12. The Kier molecular flexibility index (Phi) is 3.26. The molecule has 2 fully saturated rings. The van der Waals surface area contributed by atoms with Crippen LogP contribution in [0.25, 0.3) is 0 Å². The van der Waals surface area contributed by atoms with Crippen LogP contribution in [-0.2, 0) is 4.74 Å². The van der Waals surface area contributed by atoms with Gasteiger partial charge in [-0.2, -0.15) is 4.39 Å². The van der Waals surface area contributed by atoms with Crippen molar-refractivity contribution in [3.8, 4) is 0 Å². The van der Waals surface area contributed by atoms with E-state index < -0.39 is 11.5 Å². The van der Waals surface area contributed by atoms with Crippen LogP contribution in [-0.4, -0.2) is 46.8 Å². The molecule has 0 aliphatic carbocycles. The van der Waals surface area contributed by atoms with Crippen LogP contribution in [0.1, 0.15) is 27.2 Å². The number of pyridine rings is 1. The van der Waals surface area contributed by atoms with Gasteiger partial charge in [0.1, 0.15) is 11.4 Å². The molecular formula is C15H20FN3O2. The molecule has 5 nitrogen and oxygen atoms in total. The number of rotatable bonds is 1. The number of nitrogens with zero attached hydrogens (tertiary/aromatic N) is 3. The lowest BCUT2D eigenvalue weighted by atomic mass is 10.2. The summed E-state index contributed by atoms with van der Waals surface area (Å²) in [4.78, 5) is 19.9. The average molecular weight is 293 g/mol. The molecule has 114 valence electrons. The minimum absolute atomic E-state index is 0.120. The number of carbonyl (C=O) groups excluding carboxylic acids is 1. The molecule has 1 aromatic heterocycles. The highest BCUT2D eigenvalue weighted by Gasteiger charge is 2.46. The third kappa shape index (κ3) is 2.80. The summed E-state index contributed by atoms with van der Waals surface area (Å²) in [5.74, 6) is 0.172. The Morgan fingerprint density at radius 1 is 1.33 bits per heavy atom. The Morgan fingerprint density at radius 3 is 2.67 bits per heavy atom. The first-order chi connectivity index (χ1) is 9.83. The summed E-state index contributed by atoms with van der Waals surface area (Å²) in [5, 5.41) is 0. The van der Waals surface area contributed by atoms with Gasteiger partial charge in [-0.1, -0.05) is 6.07 Å². The molecular weight excluding hydrogens is 273 g/mol. The molecule has 2 saturated heterocycles. The van der Waals surface area contributed by atoms with E-state index in [1.54, 1.807) is 11.0 Å². The summed E-state index contributed by atoms with van der Waals surface area (Å²) < 4.78 is 18.7. The molecule has 0 saturated carbocycles. The third-order valence-corrected chi connectivity index (χ3v) is 3.86. The molecule has 6 heteroatoms. The van der Waals surface area contributed by atoms with Crippen LogP contribution in [0.2, 0.25) is 0 Å². The second kappa shape index (κ2) is 4.86. The van der Waals surface area contributed by atoms with Crippen LogP contribution in [0.15, 0.2) is 18.2 Å². The smallest absolute Gasteiger partial charge is 0.410 e. The average Bonchev–Trinajstić information content (AvgIpc) is 2.96. The summed E-state index contributed by atoms with van der Waals surface area (Å²) in [5.41, 5.74) is -0.483. The maximum Gasteiger partial charge on any atom is 0.410 e.